The first kappa shape index (κ1) is 18.1. The van der Waals surface area contributed by atoms with Crippen LogP contribution in [0.1, 0.15) is 31.6 Å². The van der Waals surface area contributed by atoms with Crippen molar-refractivity contribution in [2.75, 3.05) is 0 Å². The molecule has 11 heteroatoms. The third-order valence-corrected chi connectivity index (χ3v) is 3.08. The minimum Gasteiger partial charge on any atom is -0.271 e. The molecule has 21 heavy (non-hydrogen) atoms. The highest BCUT2D eigenvalue weighted by Crippen LogP contribution is 2.47. The van der Waals surface area contributed by atoms with Crippen molar-refractivity contribution in [2.24, 2.45) is 11.8 Å². The van der Waals surface area contributed by atoms with Gasteiger partial charge in [-0.1, -0.05) is 11.6 Å². The van der Waals surface area contributed by atoms with E-state index in [1.807, 2.05) is 0 Å². The van der Waals surface area contributed by atoms with E-state index in [1.165, 1.54) is 13.8 Å². The van der Waals surface area contributed by atoms with Gasteiger partial charge in [-0.15, -0.1) is 0 Å². The van der Waals surface area contributed by atoms with E-state index in [0.717, 1.165) is 10.9 Å². The molecule has 1 atom stereocenters. The van der Waals surface area contributed by atoms with E-state index in [1.54, 1.807) is 5.43 Å². The maximum absolute atomic E-state index is 12.8. The van der Waals surface area contributed by atoms with E-state index < -0.39 is 36.0 Å². The minimum atomic E-state index is -5.55. The number of hydrogen-bond donors (Lipinski definition) is 2. The molecule has 0 radical (unpaired) electrons. The van der Waals surface area contributed by atoms with Gasteiger partial charge in [-0.3, -0.25) is 16.0 Å². The van der Waals surface area contributed by atoms with E-state index in [2.05, 4.69) is 5.10 Å². The first-order valence-corrected chi connectivity index (χ1v) is 6.11. The minimum absolute atomic E-state index is 0.329. The zero-order valence-corrected chi connectivity index (χ0v) is 11.7. The van der Waals surface area contributed by atoms with Gasteiger partial charge in [0.15, 0.2) is 5.92 Å². The van der Waals surface area contributed by atoms with Gasteiger partial charge in [-0.05, 0) is 13.8 Å². The van der Waals surface area contributed by atoms with Crippen molar-refractivity contribution < 1.29 is 26.3 Å². The van der Waals surface area contributed by atoms with Crippen molar-refractivity contribution in [2.45, 2.75) is 38.3 Å². The van der Waals surface area contributed by atoms with Crippen LogP contribution in [-0.2, 0) is 0 Å². The fourth-order valence-electron chi connectivity index (χ4n) is 1.95. The van der Waals surface area contributed by atoms with Crippen molar-refractivity contribution in [1.29, 1.82) is 0 Å². The van der Waals surface area contributed by atoms with Crippen LogP contribution in [0.25, 0.3) is 0 Å². The van der Waals surface area contributed by atoms with Gasteiger partial charge in [-0.25, -0.2) is 0 Å². The van der Waals surface area contributed by atoms with Gasteiger partial charge in [0.05, 0.1) is 23.0 Å². The van der Waals surface area contributed by atoms with Gasteiger partial charge in [0.1, 0.15) is 0 Å². The highest BCUT2D eigenvalue weighted by atomic mass is 35.5. The van der Waals surface area contributed by atoms with Crippen molar-refractivity contribution in [1.82, 2.24) is 15.2 Å². The van der Waals surface area contributed by atoms with Crippen LogP contribution in [0.2, 0.25) is 5.02 Å². The third kappa shape index (κ3) is 3.80. The van der Waals surface area contributed by atoms with Gasteiger partial charge < -0.3 is 0 Å². The molecule has 0 aliphatic carbocycles. The van der Waals surface area contributed by atoms with Crippen LogP contribution in [0.5, 0.6) is 0 Å². The lowest BCUT2D eigenvalue weighted by atomic mass is 9.95. The predicted octanol–water partition coefficient (Wildman–Crippen LogP) is 3.36. The second kappa shape index (κ2) is 6.01. The molecule has 4 nitrogen and oxygen atoms in total. The summed E-state index contributed by atoms with van der Waals surface area (Å²) in [5.74, 6) is 1.24. The fraction of sp³-hybridized carbons (Fsp3) is 0.700. The molecule has 1 heterocycles. The summed E-state index contributed by atoms with van der Waals surface area (Å²) in [6.45, 7) is 3.08. The Morgan fingerprint density at radius 3 is 2.00 bits per heavy atom. The SMILES string of the molecule is CC(C)n1ncc(Cl)c1C(NN)C(C(F)(F)F)C(F)(F)F. The lowest BCUT2D eigenvalue weighted by Crippen LogP contribution is -2.48. The second-order valence-electron chi connectivity index (χ2n) is 4.62. The zero-order valence-electron chi connectivity index (χ0n) is 10.9. The van der Waals surface area contributed by atoms with E-state index >= 15 is 0 Å². The lowest BCUT2D eigenvalue weighted by Gasteiger charge is -2.31. The summed E-state index contributed by atoms with van der Waals surface area (Å²) in [5.41, 5.74) is 1.10. The molecule has 3 N–H and O–H groups in total. The van der Waals surface area contributed by atoms with E-state index in [0.29, 0.717) is 0 Å². The van der Waals surface area contributed by atoms with Gasteiger partial charge >= 0.3 is 12.4 Å². The molecular weight excluding hydrogens is 326 g/mol. The third-order valence-electron chi connectivity index (χ3n) is 2.79. The molecule has 0 bridgehead atoms. The Labute approximate surface area is 121 Å². The summed E-state index contributed by atoms with van der Waals surface area (Å²) in [6.07, 6.45) is -10.1. The average molecular weight is 339 g/mol. The normalized spacial score (nSPS) is 15.0. The van der Waals surface area contributed by atoms with Crippen LogP contribution in [-0.4, -0.2) is 22.1 Å². The van der Waals surface area contributed by atoms with Gasteiger partial charge in [-0.2, -0.15) is 31.4 Å². The molecule has 1 aromatic heterocycles. The Bertz CT molecular complexity index is 467. The molecule has 0 amide bonds. The number of hydrogen-bond acceptors (Lipinski definition) is 3. The molecule has 0 aliphatic rings. The van der Waals surface area contributed by atoms with E-state index in [4.69, 9.17) is 17.4 Å². The molecule has 0 aromatic carbocycles. The number of nitrogens with one attached hydrogen (secondary N) is 1. The van der Waals surface area contributed by atoms with Crippen molar-refractivity contribution in [3.63, 3.8) is 0 Å². The number of hydrazine groups is 1. The Hall–Kier alpha value is -1.00. The van der Waals surface area contributed by atoms with Crippen LogP contribution in [0.3, 0.4) is 0 Å². The molecule has 0 spiro atoms. The van der Waals surface area contributed by atoms with Crippen LogP contribution < -0.4 is 11.3 Å². The Kier molecular flexibility index (Phi) is 5.17. The first-order chi connectivity index (χ1) is 9.41. The summed E-state index contributed by atoms with van der Waals surface area (Å²) >= 11 is 5.69. The molecule has 0 aliphatic heterocycles. The number of aromatic nitrogens is 2. The molecule has 1 rings (SSSR count). The highest BCUT2D eigenvalue weighted by molar-refractivity contribution is 6.31. The lowest BCUT2D eigenvalue weighted by molar-refractivity contribution is -0.293. The van der Waals surface area contributed by atoms with E-state index in [-0.39, 0.29) is 5.02 Å². The summed E-state index contributed by atoms with van der Waals surface area (Å²) < 4.78 is 77.9. The highest BCUT2D eigenvalue weighted by Gasteiger charge is 2.61. The number of nitrogens with two attached hydrogens (primary N) is 1. The van der Waals surface area contributed by atoms with Crippen LogP contribution in [0.15, 0.2) is 6.20 Å². The number of nitrogens with zero attached hydrogens (tertiary/aromatic N) is 2. The smallest absolute Gasteiger partial charge is 0.271 e. The maximum atomic E-state index is 12.8. The van der Waals surface area contributed by atoms with Crippen molar-refractivity contribution in [3.05, 3.63) is 16.9 Å². The number of halogens is 7. The average Bonchev–Trinajstić information content (AvgIpc) is 2.64. The summed E-state index contributed by atoms with van der Waals surface area (Å²) in [6, 6.07) is -2.80. The van der Waals surface area contributed by atoms with Crippen molar-refractivity contribution in [3.8, 4) is 0 Å². The molecule has 0 saturated carbocycles. The summed E-state index contributed by atoms with van der Waals surface area (Å²) in [5, 5.41) is 3.36. The van der Waals surface area contributed by atoms with Gasteiger partial charge in [0.25, 0.3) is 0 Å². The Morgan fingerprint density at radius 1 is 1.19 bits per heavy atom. The number of alkyl halides is 6. The molecule has 1 aromatic rings. The summed E-state index contributed by atoms with van der Waals surface area (Å²) in [4.78, 5) is 0. The molecule has 122 valence electrons. The fourth-order valence-corrected chi connectivity index (χ4v) is 2.20. The predicted molar refractivity (Wildman–Crippen MR) is 63.3 cm³/mol. The number of rotatable bonds is 4. The second-order valence-corrected chi connectivity index (χ2v) is 5.03. The Morgan fingerprint density at radius 2 is 1.67 bits per heavy atom. The van der Waals surface area contributed by atoms with Crippen LogP contribution in [0.4, 0.5) is 26.3 Å². The topological polar surface area (TPSA) is 55.9 Å². The monoisotopic (exact) mass is 338 g/mol. The van der Waals surface area contributed by atoms with Crippen LogP contribution >= 0.6 is 11.6 Å². The molecule has 0 saturated heterocycles. The summed E-state index contributed by atoms with van der Waals surface area (Å²) in [7, 11) is 0. The first-order valence-electron chi connectivity index (χ1n) is 5.73. The molecule has 1 unspecified atom stereocenters. The quantitative estimate of drug-likeness (QED) is 0.503. The Balaban J connectivity index is 3.44. The molecule has 0 fully saturated rings. The van der Waals surface area contributed by atoms with Crippen LogP contribution in [0, 0.1) is 5.92 Å². The zero-order chi connectivity index (χ0) is 16.6. The standard InChI is InChI=1S/C10H13ClF6N4/c1-4(2)21-7(5(11)3-19-21)6(20-18)8(9(12,13)14)10(15,16)17/h3-4,6,8,20H,18H2,1-2H3. The largest absolute Gasteiger partial charge is 0.402 e. The molecular formula is C10H13ClF6N4. The van der Waals surface area contributed by atoms with Crippen molar-refractivity contribution >= 4 is 11.6 Å². The van der Waals surface area contributed by atoms with Gasteiger partial charge in [0.2, 0.25) is 0 Å². The van der Waals surface area contributed by atoms with Gasteiger partial charge in [0, 0.05) is 6.04 Å². The van der Waals surface area contributed by atoms with E-state index in [9.17, 15) is 26.3 Å². The maximum Gasteiger partial charge on any atom is 0.402 e.